The number of aromatic nitrogens is 1. The van der Waals surface area contributed by atoms with Crippen molar-refractivity contribution in [3.63, 3.8) is 0 Å². The summed E-state index contributed by atoms with van der Waals surface area (Å²) in [5.74, 6) is 1.87. The molecule has 156 valence electrons. The smallest absolute Gasteiger partial charge is 0.115 e. The Morgan fingerprint density at radius 3 is 2.80 bits per heavy atom. The van der Waals surface area contributed by atoms with E-state index in [-0.39, 0.29) is 5.41 Å². The maximum absolute atomic E-state index is 10.3. The van der Waals surface area contributed by atoms with Gasteiger partial charge in [-0.1, -0.05) is 35.9 Å². The first-order valence-corrected chi connectivity index (χ1v) is 11.7. The predicted molar refractivity (Wildman–Crippen MR) is 122 cm³/mol. The van der Waals surface area contributed by atoms with E-state index in [1.165, 1.54) is 47.1 Å². The van der Waals surface area contributed by atoms with Crippen molar-refractivity contribution in [2.24, 2.45) is 18.9 Å². The molecule has 2 aromatic carbocycles. The maximum atomic E-state index is 10.3. The van der Waals surface area contributed by atoms with E-state index >= 15 is 0 Å². The number of rotatable bonds is 3. The Bertz CT molecular complexity index is 1130. The Balaban J connectivity index is 1.49. The minimum Gasteiger partial charge on any atom is -0.508 e. The summed E-state index contributed by atoms with van der Waals surface area (Å²) in [6.45, 7) is 3.58. The molecule has 3 aromatic rings. The summed E-state index contributed by atoms with van der Waals surface area (Å²) in [5.41, 5.74) is 5.47. The second-order valence-electron chi connectivity index (χ2n) is 9.86. The predicted octanol–water partition coefficient (Wildman–Crippen LogP) is 5.31. The molecule has 1 N–H and O–H groups in total. The van der Waals surface area contributed by atoms with Crippen molar-refractivity contribution in [1.29, 1.82) is 0 Å². The van der Waals surface area contributed by atoms with Gasteiger partial charge in [-0.25, -0.2) is 0 Å². The lowest BCUT2D eigenvalue weighted by atomic mass is 9.58. The zero-order valence-corrected chi connectivity index (χ0v) is 18.3. The highest BCUT2D eigenvalue weighted by atomic mass is 35.5. The number of hydrogen-bond acceptors (Lipinski definition) is 2. The molecule has 2 fully saturated rings. The zero-order chi connectivity index (χ0) is 20.5. The molecular weight excluding hydrogens is 392 g/mol. The van der Waals surface area contributed by atoms with Gasteiger partial charge in [-0.05, 0) is 79.8 Å². The van der Waals surface area contributed by atoms with Crippen molar-refractivity contribution in [3.05, 3.63) is 64.3 Å². The third kappa shape index (κ3) is 2.82. The molecule has 2 atom stereocenters. The average molecular weight is 421 g/mol. The van der Waals surface area contributed by atoms with Crippen LogP contribution in [0.5, 0.6) is 5.75 Å². The molecule has 1 aliphatic heterocycles. The minimum absolute atomic E-state index is 0.0837. The van der Waals surface area contributed by atoms with Gasteiger partial charge in [0.2, 0.25) is 0 Å². The number of benzene rings is 2. The molecule has 2 heterocycles. The highest BCUT2D eigenvalue weighted by molar-refractivity contribution is 6.35. The first kappa shape index (κ1) is 18.8. The number of aromatic hydroxyl groups is 1. The molecule has 30 heavy (non-hydrogen) atoms. The molecule has 4 heteroatoms. The van der Waals surface area contributed by atoms with E-state index < -0.39 is 0 Å². The topological polar surface area (TPSA) is 28.4 Å². The number of hydrogen-bond donors (Lipinski definition) is 1. The van der Waals surface area contributed by atoms with Gasteiger partial charge in [0.25, 0.3) is 0 Å². The van der Waals surface area contributed by atoms with Crippen molar-refractivity contribution in [3.8, 4) is 5.75 Å². The maximum Gasteiger partial charge on any atom is 0.115 e. The Kier molecular flexibility index (Phi) is 4.23. The molecule has 0 bridgehead atoms. The van der Waals surface area contributed by atoms with Crippen LogP contribution in [0.4, 0.5) is 0 Å². The number of aryl methyl sites for hydroxylation is 1. The van der Waals surface area contributed by atoms with Crippen LogP contribution in [0.25, 0.3) is 10.9 Å². The normalized spacial score (nSPS) is 26.5. The van der Waals surface area contributed by atoms with Crippen molar-refractivity contribution in [2.45, 2.75) is 37.5 Å². The van der Waals surface area contributed by atoms with Gasteiger partial charge in [0, 0.05) is 36.6 Å². The second kappa shape index (κ2) is 6.77. The van der Waals surface area contributed by atoms with E-state index in [4.69, 9.17) is 11.6 Å². The quantitative estimate of drug-likeness (QED) is 0.622. The number of likely N-dealkylation sites (tertiary alicyclic amines) is 1. The van der Waals surface area contributed by atoms with Gasteiger partial charge in [-0.15, -0.1) is 0 Å². The van der Waals surface area contributed by atoms with E-state index in [9.17, 15) is 5.11 Å². The minimum atomic E-state index is 0.0837. The highest BCUT2D eigenvalue weighted by Gasteiger charge is 2.49. The molecule has 3 nitrogen and oxygen atoms in total. The van der Waals surface area contributed by atoms with E-state index in [1.54, 1.807) is 6.07 Å². The molecule has 1 aromatic heterocycles. The Hall–Kier alpha value is -1.97. The third-order valence-electron chi connectivity index (χ3n) is 8.10. The molecule has 1 saturated carbocycles. The van der Waals surface area contributed by atoms with Crippen LogP contribution in [0, 0.1) is 11.8 Å². The summed E-state index contributed by atoms with van der Waals surface area (Å²) < 4.78 is 2.34. The van der Waals surface area contributed by atoms with Crippen LogP contribution >= 0.6 is 11.6 Å². The van der Waals surface area contributed by atoms with Crippen molar-refractivity contribution in [2.75, 3.05) is 19.6 Å². The van der Waals surface area contributed by atoms with Gasteiger partial charge in [-0.2, -0.15) is 0 Å². The fourth-order valence-corrected chi connectivity index (χ4v) is 6.65. The summed E-state index contributed by atoms with van der Waals surface area (Å²) in [7, 11) is 2.17. The molecule has 0 spiro atoms. The Morgan fingerprint density at radius 2 is 2.00 bits per heavy atom. The van der Waals surface area contributed by atoms with Gasteiger partial charge in [0.05, 0.1) is 10.5 Å². The lowest BCUT2D eigenvalue weighted by Gasteiger charge is -2.51. The number of phenolic OH excluding ortho intramolecular Hbond substituents is 1. The van der Waals surface area contributed by atoms with Gasteiger partial charge >= 0.3 is 0 Å². The molecule has 6 rings (SSSR count). The summed E-state index contributed by atoms with van der Waals surface area (Å²) in [4.78, 5) is 2.71. The summed E-state index contributed by atoms with van der Waals surface area (Å²) in [6, 6.07) is 14.4. The van der Waals surface area contributed by atoms with Gasteiger partial charge in [0.15, 0.2) is 0 Å². The molecule has 3 aliphatic rings. The molecule has 0 radical (unpaired) electrons. The summed E-state index contributed by atoms with van der Waals surface area (Å²) in [5, 5.41) is 12.4. The van der Waals surface area contributed by atoms with Crippen LogP contribution in [-0.2, 0) is 25.3 Å². The fraction of sp³-hybridized carbons (Fsp3) is 0.462. The number of nitrogens with zero attached hydrogens (tertiary/aromatic N) is 2. The number of fused-ring (bicyclic) bond motifs is 4. The molecule has 2 unspecified atom stereocenters. The lowest BCUT2D eigenvalue weighted by molar-refractivity contribution is 0.0776. The summed E-state index contributed by atoms with van der Waals surface area (Å²) in [6.07, 6.45) is 6.08. The molecule has 2 aliphatic carbocycles. The second-order valence-corrected chi connectivity index (χ2v) is 10.3. The first-order valence-electron chi connectivity index (χ1n) is 11.3. The van der Waals surface area contributed by atoms with E-state index in [0.29, 0.717) is 11.7 Å². The monoisotopic (exact) mass is 420 g/mol. The van der Waals surface area contributed by atoms with Crippen LogP contribution in [-0.4, -0.2) is 34.2 Å². The van der Waals surface area contributed by atoms with Crippen molar-refractivity contribution >= 4 is 22.5 Å². The first-order chi connectivity index (χ1) is 14.5. The molecular formula is C26H29ClN2O. The van der Waals surface area contributed by atoms with Gasteiger partial charge < -0.3 is 14.6 Å². The van der Waals surface area contributed by atoms with E-state index in [2.05, 4.69) is 34.7 Å². The van der Waals surface area contributed by atoms with Crippen LogP contribution in [0.1, 0.15) is 36.1 Å². The number of para-hydroxylation sites is 1. The summed E-state index contributed by atoms with van der Waals surface area (Å²) >= 11 is 6.63. The molecule has 0 amide bonds. The standard InChI is InChI=1S/C26H29ClN2O/c1-28-24-14-26(18-4-2-5-20(30)12-18)10-11-29(15-17-8-9-17)16-19(26)13-22(24)21-6-3-7-23(27)25(21)28/h2-7,12,17,19,30H,8-11,13-16H2,1H3. The van der Waals surface area contributed by atoms with E-state index in [0.717, 1.165) is 43.3 Å². The van der Waals surface area contributed by atoms with Gasteiger partial charge in [-0.3, -0.25) is 0 Å². The lowest BCUT2D eigenvalue weighted by Crippen LogP contribution is -2.54. The van der Waals surface area contributed by atoms with Crippen molar-refractivity contribution in [1.82, 2.24) is 9.47 Å². The van der Waals surface area contributed by atoms with E-state index in [1.807, 2.05) is 18.2 Å². The highest BCUT2D eigenvalue weighted by Crippen LogP contribution is 2.51. The fourth-order valence-electron chi connectivity index (χ4n) is 6.35. The van der Waals surface area contributed by atoms with Crippen LogP contribution < -0.4 is 0 Å². The zero-order valence-electron chi connectivity index (χ0n) is 17.6. The number of piperidine rings is 1. The average Bonchev–Trinajstić information content (AvgIpc) is 3.51. The molecule has 1 saturated heterocycles. The van der Waals surface area contributed by atoms with Crippen molar-refractivity contribution < 1.29 is 5.11 Å². The number of halogens is 1. The Morgan fingerprint density at radius 1 is 1.17 bits per heavy atom. The number of phenols is 1. The largest absolute Gasteiger partial charge is 0.508 e. The van der Waals surface area contributed by atoms with Gasteiger partial charge in [0.1, 0.15) is 5.75 Å². The van der Waals surface area contributed by atoms with Crippen LogP contribution in [0.15, 0.2) is 42.5 Å². The SMILES string of the molecule is Cn1c2c(c3cccc(Cl)c31)CC1CN(CC3CC3)CCC1(c1cccc(O)c1)C2. The van der Waals surface area contributed by atoms with Crippen LogP contribution in [0.3, 0.4) is 0 Å². The Labute approximate surface area is 183 Å². The third-order valence-corrected chi connectivity index (χ3v) is 8.41. The van der Waals surface area contributed by atoms with Crippen LogP contribution in [0.2, 0.25) is 5.02 Å².